The van der Waals surface area contributed by atoms with Crippen LogP contribution in [0.25, 0.3) is 5.78 Å². The third-order valence-corrected chi connectivity index (χ3v) is 4.96. The molecule has 1 aliphatic rings. The van der Waals surface area contributed by atoms with Gasteiger partial charge in [0.15, 0.2) is 0 Å². The Morgan fingerprint density at radius 1 is 1.28 bits per heavy atom. The van der Waals surface area contributed by atoms with Crippen molar-refractivity contribution in [3.63, 3.8) is 0 Å². The molecule has 0 unspecified atom stereocenters. The lowest BCUT2D eigenvalue weighted by Gasteiger charge is -2.10. The lowest BCUT2D eigenvalue weighted by Crippen LogP contribution is -2.27. The van der Waals surface area contributed by atoms with Gasteiger partial charge in [-0.2, -0.15) is 10.1 Å². The zero-order chi connectivity index (χ0) is 17.4. The van der Waals surface area contributed by atoms with Crippen LogP contribution in [0.15, 0.2) is 36.7 Å². The normalized spacial score (nSPS) is 19.1. The summed E-state index contributed by atoms with van der Waals surface area (Å²) in [4.78, 5) is 20.9. The van der Waals surface area contributed by atoms with Crippen LogP contribution in [0.4, 0.5) is 0 Å². The molecule has 0 bridgehead atoms. The molecule has 1 N–H and O–H groups in total. The van der Waals surface area contributed by atoms with Crippen LogP contribution >= 0.6 is 0 Å². The number of benzene rings is 1. The van der Waals surface area contributed by atoms with Crippen LogP contribution in [0.5, 0.6) is 0 Å². The molecule has 0 aliphatic heterocycles. The van der Waals surface area contributed by atoms with Crippen LogP contribution < -0.4 is 5.32 Å². The quantitative estimate of drug-likeness (QED) is 0.777. The Kier molecular flexibility index (Phi) is 3.95. The molecule has 1 saturated carbocycles. The number of rotatable bonds is 5. The molecule has 0 radical (unpaired) electrons. The summed E-state index contributed by atoms with van der Waals surface area (Å²) >= 11 is 0. The first-order valence-corrected chi connectivity index (χ1v) is 8.63. The highest BCUT2D eigenvalue weighted by molar-refractivity contribution is 5.77. The molecule has 2 atom stereocenters. The topological polar surface area (TPSA) is 72.2 Å². The van der Waals surface area contributed by atoms with Gasteiger partial charge in [-0.1, -0.05) is 30.3 Å². The lowest BCUT2D eigenvalue weighted by atomic mass is 10.1. The van der Waals surface area contributed by atoms with Crippen molar-refractivity contribution in [3.05, 3.63) is 59.2 Å². The van der Waals surface area contributed by atoms with E-state index in [1.807, 2.05) is 32.0 Å². The highest BCUT2D eigenvalue weighted by Crippen LogP contribution is 2.40. The maximum atomic E-state index is 12.3. The van der Waals surface area contributed by atoms with Gasteiger partial charge in [-0.05, 0) is 37.8 Å². The number of aromatic nitrogens is 4. The number of carbonyl (C=O) groups is 1. The van der Waals surface area contributed by atoms with E-state index in [0.717, 1.165) is 23.4 Å². The molecule has 1 amide bonds. The molecule has 2 aromatic heterocycles. The van der Waals surface area contributed by atoms with Crippen LogP contribution in [0, 0.1) is 13.8 Å². The summed E-state index contributed by atoms with van der Waals surface area (Å²) in [7, 11) is 0. The van der Waals surface area contributed by atoms with Crippen molar-refractivity contribution in [1.29, 1.82) is 0 Å². The molecule has 25 heavy (non-hydrogen) atoms. The predicted octanol–water partition coefficient (Wildman–Crippen LogP) is 2.35. The smallest absolute Gasteiger partial charge is 0.252 e. The van der Waals surface area contributed by atoms with E-state index in [0.29, 0.717) is 24.5 Å². The van der Waals surface area contributed by atoms with Gasteiger partial charge in [0.2, 0.25) is 5.91 Å². The maximum absolute atomic E-state index is 12.3. The second-order valence-electron chi connectivity index (χ2n) is 6.66. The van der Waals surface area contributed by atoms with Crippen molar-refractivity contribution in [1.82, 2.24) is 24.9 Å². The molecular formula is C19H21N5O. The average molecular weight is 335 g/mol. The van der Waals surface area contributed by atoms with Gasteiger partial charge in [-0.3, -0.25) is 4.79 Å². The van der Waals surface area contributed by atoms with Gasteiger partial charge < -0.3 is 5.32 Å². The second kappa shape index (κ2) is 6.27. The van der Waals surface area contributed by atoms with Crippen LogP contribution in [-0.2, 0) is 11.2 Å². The fraction of sp³-hybridized carbons (Fsp3) is 0.368. The van der Waals surface area contributed by atoms with Crippen molar-refractivity contribution < 1.29 is 4.79 Å². The average Bonchev–Trinajstić information content (AvgIpc) is 3.20. The summed E-state index contributed by atoms with van der Waals surface area (Å²) in [5.41, 5.74) is 4.30. The molecular weight excluding hydrogens is 314 g/mol. The minimum Gasteiger partial charge on any atom is -0.353 e. The Balaban J connectivity index is 1.37. The number of hydrogen-bond donors (Lipinski definition) is 1. The van der Waals surface area contributed by atoms with E-state index in [4.69, 9.17) is 0 Å². The largest absolute Gasteiger partial charge is 0.353 e. The Morgan fingerprint density at radius 3 is 2.88 bits per heavy atom. The number of aryl methyl sites for hydroxylation is 2. The van der Waals surface area contributed by atoms with Gasteiger partial charge in [0.1, 0.15) is 6.33 Å². The molecule has 4 rings (SSSR count). The minimum atomic E-state index is 0.0981. The van der Waals surface area contributed by atoms with E-state index in [2.05, 4.69) is 32.5 Å². The number of amides is 1. The molecule has 0 saturated heterocycles. The first-order chi connectivity index (χ1) is 12.1. The molecule has 1 aromatic carbocycles. The molecule has 6 nitrogen and oxygen atoms in total. The molecule has 2 heterocycles. The van der Waals surface area contributed by atoms with Crippen LogP contribution in [0.1, 0.15) is 41.3 Å². The molecule has 1 aliphatic carbocycles. The van der Waals surface area contributed by atoms with Crippen molar-refractivity contribution in [2.24, 2.45) is 0 Å². The number of carbonyl (C=O) groups excluding carboxylic acids is 1. The van der Waals surface area contributed by atoms with Crippen LogP contribution in [-0.4, -0.2) is 31.5 Å². The predicted molar refractivity (Wildman–Crippen MR) is 94.3 cm³/mol. The van der Waals surface area contributed by atoms with Crippen molar-refractivity contribution in [2.45, 2.75) is 45.1 Å². The third kappa shape index (κ3) is 3.12. The van der Waals surface area contributed by atoms with Gasteiger partial charge in [-0.15, -0.1) is 0 Å². The standard InChI is InChI=1S/C19H21N5O/c1-12-15(13(2)24-19(22-12)20-11-21-24)8-9-18(25)23-17-10-16(17)14-6-4-3-5-7-14/h3-7,11,16-17H,8-10H2,1-2H3,(H,23,25)/t16-,17+/m0/s1. The SMILES string of the molecule is Cc1nc2ncnn2c(C)c1CCC(=O)N[C@@H]1C[C@H]1c1ccccc1. The number of hydrogen-bond acceptors (Lipinski definition) is 4. The van der Waals surface area contributed by atoms with E-state index in [1.54, 1.807) is 4.52 Å². The van der Waals surface area contributed by atoms with Gasteiger partial charge in [-0.25, -0.2) is 9.50 Å². The number of nitrogens with one attached hydrogen (secondary N) is 1. The summed E-state index contributed by atoms with van der Waals surface area (Å²) in [5.74, 6) is 1.16. The second-order valence-corrected chi connectivity index (χ2v) is 6.66. The van der Waals surface area contributed by atoms with E-state index in [-0.39, 0.29) is 11.9 Å². The fourth-order valence-corrected chi connectivity index (χ4v) is 3.46. The zero-order valence-corrected chi connectivity index (χ0v) is 14.4. The van der Waals surface area contributed by atoms with Gasteiger partial charge >= 0.3 is 0 Å². The van der Waals surface area contributed by atoms with E-state index >= 15 is 0 Å². The fourth-order valence-electron chi connectivity index (χ4n) is 3.46. The van der Waals surface area contributed by atoms with E-state index < -0.39 is 0 Å². The maximum Gasteiger partial charge on any atom is 0.252 e. The first-order valence-electron chi connectivity index (χ1n) is 8.63. The summed E-state index contributed by atoms with van der Waals surface area (Å²) in [6.45, 7) is 3.96. The Hall–Kier alpha value is -2.76. The highest BCUT2D eigenvalue weighted by atomic mass is 16.1. The van der Waals surface area contributed by atoms with Crippen LogP contribution in [0.2, 0.25) is 0 Å². The van der Waals surface area contributed by atoms with E-state index in [1.165, 1.54) is 11.9 Å². The summed E-state index contributed by atoms with van der Waals surface area (Å²) in [6, 6.07) is 10.6. The Morgan fingerprint density at radius 2 is 2.08 bits per heavy atom. The molecule has 0 spiro atoms. The summed E-state index contributed by atoms with van der Waals surface area (Å²) < 4.78 is 1.73. The minimum absolute atomic E-state index is 0.0981. The molecule has 3 aromatic rings. The molecule has 6 heteroatoms. The zero-order valence-electron chi connectivity index (χ0n) is 14.4. The number of fused-ring (bicyclic) bond motifs is 1. The van der Waals surface area contributed by atoms with Gasteiger partial charge in [0.25, 0.3) is 5.78 Å². The van der Waals surface area contributed by atoms with Gasteiger partial charge in [0.05, 0.1) is 0 Å². The summed E-state index contributed by atoms with van der Waals surface area (Å²) in [6.07, 6.45) is 3.65. The van der Waals surface area contributed by atoms with Crippen molar-refractivity contribution in [2.75, 3.05) is 0 Å². The highest BCUT2D eigenvalue weighted by Gasteiger charge is 2.39. The first kappa shape index (κ1) is 15.7. The van der Waals surface area contributed by atoms with Crippen molar-refractivity contribution in [3.8, 4) is 0 Å². The lowest BCUT2D eigenvalue weighted by molar-refractivity contribution is -0.121. The van der Waals surface area contributed by atoms with Crippen molar-refractivity contribution >= 4 is 11.7 Å². The van der Waals surface area contributed by atoms with E-state index in [9.17, 15) is 4.79 Å². The summed E-state index contributed by atoms with van der Waals surface area (Å²) in [5, 5.41) is 7.34. The Bertz CT molecular complexity index is 918. The molecule has 1 fully saturated rings. The molecule has 128 valence electrons. The third-order valence-electron chi connectivity index (χ3n) is 4.96. The van der Waals surface area contributed by atoms with Crippen LogP contribution in [0.3, 0.4) is 0 Å². The number of nitrogens with zero attached hydrogens (tertiary/aromatic N) is 4. The Labute approximate surface area is 146 Å². The monoisotopic (exact) mass is 335 g/mol. The van der Waals surface area contributed by atoms with Gasteiger partial charge in [0, 0.05) is 29.8 Å².